The van der Waals surface area contributed by atoms with E-state index in [4.69, 9.17) is 0 Å². The predicted molar refractivity (Wildman–Crippen MR) is 95.9 cm³/mol. The van der Waals surface area contributed by atoms with Crippen molar-refractivity contribution in [2.45, 2.75) is 122 Å². The van der Waals surface area contributed by atoms with Crippen molar-refractivity contribution in [1.29, 1.82) is 0 Å². The molecule has 0 radical (unpaired) electrons. The van der Waals surface area contributed by atoms with Crippen molar-refractivity contribution < 1.29 is 13.0 Å². The van der Waals surface area contributed by atoms with Crippen LogP contribution in [0.3, 0.4) is 0 Å². The molecule has 0 aromatic rings. The summed E-state index contributed by atoms with van der Waals surface area (Å²) in [7, 11) is 0. The Kier molecular flexibility index (Phi) is 0.225. The van der Waals surface area contributed by atoms with Gasteiger partial charge in [-0.2, -0.15) is 0 Å². The molecule has 0 aliphatic carbocycles. The van der Waals surface area contributed by atoms with Gasteiger partial charge in [-0.1, -0.05) is 0 Å². The van der Waals surface area contributed by atoms with Gasteiger partial charge in [0.2, 0.25) is 0 Å². The SMILES string of the molecule is CCC([C]12[CH]3[CH]4[CH]5[C]1(C)[Fe]45321678[CH]2[CH]1[CH]6[CH]7[CH]28)[C]12[CH]3[CH]4[CH]5[C]1(C)[Fe]45321678[CH]2[CH]1[CH]6[CH]7[CH]28. The first-order valence-corrected chi connectivity index (χ1v) is 25.4. The van der Waals surface area contributed by atoms with E-state index in [0.717, 1.165) is 8.63 Å². The fourth-order valence-corrected chi connectivity index (χ4v) is 196. The van der Waals surface area contributed by atoms with Gasteiger partial charge >= 0.3 is 140 Å². The Balaban J connectivity index is 1.17. The van der Waals surface area contributed by atoms with Crippen molar-refractivity contribution in [2.75, 3.05) is 0 Å². The molecule has 20 heterocycles. The Morgan fingerprint density at radius 3 is 1.00 bits per heavy atom. The molecule has 20 aliphatic heterocycles. The standard InChI is InChI=1S/C15H18.2C5H5.2Fe/c1-4-13(14-9-5-7-11(14)2)15-10-6-8-12(15)3;2*1-2-4-5-3-1;;/h5-10,13H,4H2,1-3H3;2*1-5H;;. The van der Waals surface area contributed by atoms with E-state index in [1.807, 2.05) is 0 Å². The molecule has 0 aromatic carbocycles. The van der Waals surface area contributed by atoms with Crippen LogP contribution in [0.5, 0.6) is 0 Å². The minimum absolute atomic E-state index is 1.16. The zero-order chi connectivity index (χ0) is 16.2. The summed E-state index contributed by atoms with van der Waals surface area (Å²) in [4.78, 5) is 25.0. The summed E-state index contributed by atoms with van der Waals surface area (Å²) < 4.78 is 4.76. The maximum absolute atomic E-state index is 3.10. The van der Waals surface area contributed by atoms with E-state index in [1.165, 1.54) is 14.5 Å². The minimum atomic E-state index is -3.08. The van der Waals surface area contributed by atoms with Gasteiger partial charge < -0.3 is 0 Å². The summed E-state index contributed by atoms with van der Waals surface area (Å²) in [6.45, 7) is 2.85. The summed E-state index contributed by atoms with van der Waals surface area (Å²) in [5.41, 5.74) is 0. The van der Waals surface area contributed by atoms with Crippen LogP contribution in [0, 0.1) is 5.92 Å². The second-order valence-corrected chi connectivity index (χ2v) is 68.3. The molecule has 10 atom stereocenters. The van der Waals surface area contributed by atoms with E-state index >= 15 is 0 Å². The van der Waals surface area contributed by atoms with E-state index < -0.39 is 13.0 Å². The van der Waals surface area contributed by atoms with Crippen LogP contribution in [-0.2, 0) is 13.0 Å². The monoisotopic (exact) mass is 440 g/mol. The molecule has 27 heavy (non-hydrogen) atoms. The molecule has 0 nitrogen and oxygen atoms in total. The quantitative estimate of drug-likeness (QED) is 0.387. The zero-order valence-corrected chi connectivity index (χ0v) is 18.4. The fourth-order valence-electron chi connectivity index (χ4n) is 38.7. The van der Waals surface area contributed by atoms with Gasteiger partial charge in [0.25, 0.3) is 0 Å². The first-order chi connectivity index (χ1) is 12.6. The van der Waals surface area contributed by atoms with Crippen LogP contribution < -0.4 is 0 Å². The Bertz CT molecular complexity index is 1960. The molecule has 0 aromatic heterocycles. The molecule has 0 bridgehead atoms. The second-order valence-electron chi connectivity index (χ2n) is 21.3. The molecule has 2 heteroatoms. The van der Waals surface area contributed by atoms with Gasteiger partial charge in [0.05, 0.1) is 0 Å². The summed E-state index contributed by atoms with van der Waals surface area (Å²) in [5.74, 6) is 1.42. The summed E-state index contributed by atoms with van der Waals surface area (Å²) in [6, 6.07) is 0. The van der Waals surface area contributed by atoms with Crippen LogP contribution in [0.2, 0.25) is 94.3 Å². The molecule has 20 saturated heterocycles. The maximum atomic E-state index is 3.10. The van der Waals surface area contributed by atoms with E-state index in [2.05, 4.69) is 20.8 Å². The molecule has 10 unspecified atom stereocenters. The van der Waals surface area contributed by atoms with Gasteiger partial charge in [0.1, 0.15) is 0 Å². The molecular weight excluding hydrogens is 412 g/mol. The van der Waals surface area contributed by atoms with Gasteiger partial charge in [-0.3, -0.25) is 0 Å². The Labute approximate surface area is 139 Å². The van der Waals surface area contributed by atoms with Crippen LogP contribution in [0.15, 0.2) is 0 Å². The normalized spacial score (nSPS) is 154. The summed E-state index contributed by atoms with van der Waals surface area (Å²) in [5, 5.41) is 0. The first-order valence-electron chi connectivity index (χ1n) is 13.0. The van der Waals surface area contributed by atoms with Crippen LogP contribution >= 0.6 is 0 Å². The van der Waals surface area contributed by atoms with Crippen molar-refractivity contribution in [3.05, 3.63) is 0 Å². The van der Waals surface area contributed by atoms with Gasteiger partial charge in [0, 0.05) is 0 Å². The molecule has 144 valence electrons. The third-order valence-corrected chi connectivity index (χ3v) is 122. The van der Waals surface area contributed by atoms with Crippen LogP contribution in [-0.4, -0.2) is 0 Å². The average Bonchev–Trinajstić information content (AvgIpc) is 3.51. The van der Waals surface area contributed by atoms with Crippen molar-refractivity contribution >= 4 is 0 Å². The molecule has 0 N–H and O–H groups in total. The molecule has 2 spiro atoms. The third kappa shape index (κ3) is 0.0771. The Hall–Kier alpha value is 1.04. The van der Waals surface area contributed by atoms with Gasteiger partial charge in [-0.15, -0.1) is 0 Å². The van der Waals surface area contributed by atoms with E-state index in [9.17, 15) is 0 Å². The fraction of sp³-hybridized carbons (Fsp3) is 1.00. The van der Waals surface area contributed by atoms with Crippen molar-refractivity contribution in [2.24, 2.45) is 5.92 Å². The van der Waals surface area contributed by atoms with E-state index in [0.29, 0.717) is 0 Å². The van der Waals surface area contributed by atoms with Gasteiger partial charge in [-0.25, -0.2) is 0 Å². The molecule has 20 fully saturated rings. The zero-order valence-electron chi connectivity index (χ0n) is 16.2. The molecular formula is C25H28Fe2. The number of hydrogen-bond donors (Lipinski definition) is 0. The van der Waals surface area contributed by atoms with Crippen LogP contribution in [0.25, 0.3) is 0 Å². The molecule has 0 amide bonds. The summed E-state index contributed by atoms with van der Waals surface area (Å²) >= 11 is 0. The third-order valence-electron chi connectivity index (χ3n) is 32.9. The second kappa shape index (κ2) is 0.657. The molecule has 20 rings (SSSR count). The average molecular weight is 440 g/mol. The van der Waals surface area contributed by atoms with Crippen molar-refractivity contribution in [1.82, 2.24) is 0 Å². The van der Waals surface area contributed by atoms with Gasteiger partial charge in [-0.05, 0) is 0 Å². The van der Waals surface area contributed by atoms with Crippen LogP contribution in [0.4, 0.5) is 0 Å². The Morgan fingerprint density at radius 2 is 0.889 bits per heavy atom. The van der Waals surface area contributed by atoms with Crippen LogP contribution in [0.1, 0.15) is 27.2 Å². The van der Waals surface area contributed by atoms with E-state index in [1.54, 1.807) is 83.5 Å². The Morgan fingerprint density at radius 1 is 0.556 bits per heavy atom. The predicted octanol–water partition coefficient (Wildman–Crippen LogP) is 8.31. The van der Waals surface area contributed by atoms with Crippen molar-refractivity contribution in [3.63, 3.8) is 0 Å². The molecule has 0 saturated carbocycles. The van der Waals surface area contributed by atoms with E-state index in [-0.39, 0.29) is 0 Å². The number of hydrogen-bond acceptors (Lipinski definition) is 0. The topological polar surface area (TPSA) is 0 Å². The number of rotatable bonds is 3. The van der Waals surface area contributed by atoms with Gasteiger partial charge in [0.15, 0.2) is 0 Å². The summed E-state index contributed by atoms with van der Waals surface area (Å²) in [6.07, 6.45) is 1.73. The molecule has 20 aliphatic rings. The number of fused-ring (bicyclic) bond motifs is 20. The first kappa shape index (κ1) is 9.26. The van der Waals surface area contributed by atoms with Crippen molar-refractivity contribution in [3.8, 4) is 0 Å².